The van der Waals surface area contributed by atoms with Gasteiger partial charge >= 0.3 is 0 Å². The highest BCUT2D eigenvalue weighted by Gasteiger charge is 2.13. The minimum absolute atomic E-state index is 0.167. The number of benzene rings is 1. The van der Waals surface area contributed by atoms with Gasteiger partial charge < -0.3 is 5.32 Å². The highest BCUT2D eigenvalue weighted by Crippen LogP contribution is 2.17. The molecule has 0 saturated carbocycles. The van der Waals surface area contributed by atoms with E-state index >= 15 is 0 Å². The lowest BCUT2D eigenvalue weighted by Gasteiger charge is -2.12. The molecule has 0 aliphatic carbocycles. The second-order valence-electron chi connectivity index (χ2n) is 4.40. The van der Waals surface area contributed by atoms with Gasteiger partial charge in [0.2, 0.25) is 0 Å². The fraction of sp³-hybridized carbons (Fsp3) is 0.286. The Balaban J connectivity index is 2.22. The second kappa shape index (κ2) is 5.60. The Morgan fingerprint density at radius 3 is 2.72 bits per heavy atom. The SMILES string of the molecule is C=C(C)CC(NC)c1cnn(-c2ccccc2)n1. The molecule has 1 unspecified atom stereocenters. The van der Waals surface area contributed by atoms with Gasteiger partial charge in [-0.05, 0) is 32.5 Å². The van der Waals surface area contributed by atoms with Crippen molar-refractivity contribution in [3.05, 3.63) is 54.4 Å². The van der Waals surface area contributed by atoms with Crippen molar-refractivity contribution >= 4 is 0 Å². The van der Waals surface area contributed by atoms with E-state index in [0.29, 0.717) is 0 Å². The predicted molar refractivity (Wildman–Crippen MR) is 72.6 cm³/mol. The summed E-state index contributed by atoms with van der Waals surface area (Å²) in [6, 6.07) is 10.1. The van der Waals surface area contributed by atoms with Crippen molar-refractivity contribution in [2.24, 2.45) is 0 Å². The quantitative estimate of drug-likeness (QED) is 0.819. The van der Waals surface area contributed by atoms with Gasteiger partial charge in [-0.3, -0.25) is 0 Å². The van der Waals surface area contributed by atoms with Crippen molar-refractivity contribution in [3.63, 3.8) is 0 Å². The van der Waals surface area contributed by atoms with Gasteiger partial charge in [0.1, 0.15) is 5.69 Å². The average Bonchev–Trinajstić information content (AvgIpc) is 2.86. The van der Waals surface area contributed by atoms with Crippen LogP contribution in [-0.4, -0.2) is 22.0 Å². The summed E-state index contributed by atoms with van der Waals surface area (Å²) in [4.78, 5) is 1.65. The Morgan fingerprint density at radius 2 is 2.11 bits per heavy atom. The first kappa shape index (κ1) is 12.5. The molecule has 2 rings (SSSR count). The van der Waals surface area contributed by atoms with Gasteiger partial charge in [0, 0.05) is 0 Å². The molecule has 1 N–H and O–H groups in total. The number of hydrogen-bond donors (Lipinski definition) is 1. The summed E-state index contributed by atoms with van der Waals surface area (Å²) < 4.78 is 0. The van der Waals surface area contributed by atoms with E-state index in [2.05, 4.69) is 22.1 Å². The maximum atomic E-state index is 4.51. The third-order valence-corrected chi connectivity index (χ3v) is 2.75. The lowest BCUT2D eigenvalue weighted by Crippen LogP contribution is -2.17. The Morgan fingerprint density at radius 1 is 1.39 bits per heavy atom. The molecule has 2 aromatic rings. The molecular weight excluding hydrogens is 224 g/mol. The number of nitrogens with zero attached hydrogens (tertiary/aromatic N) is 3. The van der Waals surface area contributed by atoms with Gasteiger partial charge in [-0.1, -0.05) is 23.8 Å². The summed E-state index contributed by atoms with van der Waals surface area (Å²) in [5.41, 5.74) is 3.03. The minimum Gasteiger partial charge on any atom is -0.311 e. The maximum Gasteiger partial charge on any atom is 0.100 e. The fourth-order valence-corrected chi connectivity index (χ4v) is 1.82. The van der Waals surface area contributed by atoms with Crippen LogP contribution in [0.2, 0.25) is 0 Å². The molecular formula is C14H18N4. The number of rotatable bonds is 5. The van der Waals surface area contributed by atoms with Gasteiger partial charge in [-0.15, -0.1) is 6.58 Å². The zero-order valence-corrected chi connectivity index (χ0v) is 10.8. The molecule has 1 heterocycles. The van der Waals surface area contributed by atoms with Crippen LogP contribution in [-0.2, 0) is 0 Å². The molecule has 0 radical (unpaired) electrons. The molecule has 0 fully saturated rings. The van der Waals surface area contributed by atoms with Crippen LogP contribution in [0.1, 0.15) is 25.1 Å². The van der Waals surface area contributed by atoms with Crippen LogP contribution in [0.5, 0.6) is 0 Å². The van der Waals surface area contributed by atoms with Crippen LogP contribution in [0.15, 0.2) is 48.7 Å². The lowest BCUT2D eigenvalue weighted by molar-refractivity contribution is 0.565. The van der Waals surface area contributed by atoms with E-state index in [4.69, 9.17) is 0 Å². The zero-order valence-electron chi connectivity index (χ0n) is 10.8. The third-order valence-electron chi connectivity index (χ3n) is 2.75. The van der Waals surface area contributed by atoms with E-state index in [1.54, 1.807) is 11.0 Å². The van der Waals surface area contributed by atoms with E-state index in [1.165, 1.54) is 0 Å². The number of aromatic nitrogens is 3. The molecule has 0 aliphatic rings. The van der Waals surface area contributed by atoms with Crippen molar-refractivity contribution in [1.82, 2.24) is 20.3 Å². The van der Waals surface area contributed by atoms with Crippen LogP contribution < -0.4 is 5.32 Å². The molecule has 1 atom stereocenters. The van der Waals surface area contributed by atoms with Crippen LogP contribution in [0.25, 0.3) is 5.69 Å². The van der Waals surface area contributed by atoms with Gasteiger partial charge in [0.15, 0.2) is 0 Å². The van der Waals surface area contributed by atoms with Crippen molar-refractivity contribution in [3.8, 4) is 5.69 Å². The van der Waals surface area contributed by atoms with E-state index in [9.17, 15) is 0 Å². The van der Waals surface area contributed by atoms with Crippen molar-refractivity contribution in [2.45, 2.75) is 19.4 Å². The highest BCUT2D eigenvalue weighted by atomic mass is 15.5. The molecule has 4 heteroatoms. The lowest BCUT2D eigenvalue weighted by atomic mass is 10.1. The molecule has 0 spiro atoms. The number of nitrogens with one attached hydrogen (secondary N) is 1. The number of para-hydroxylation sites is 1. The molecule has 0 bridgehead atoms. The van der Waals surface area contributed by atoms with E-state index in [-0.39, 0.29) is 6.04 Å². The monoisotopic (exact) mass is 242 g/mol. The summed E-state index contributed by atoms with van der Waals surface area (Å²) in [7, 11) is 1.93. The fourth-order valence-electron chi connectivity index (χ4n) is 1.82. The summed E-state index contributed by atoms with van der Waals surface area (Å²) >= 11 is 0. The molecule has 94 valence electrons. The van der Waals surface area contributed by atoms with E-state index in [1.807, 2.05) is 44.3 Å². The first-order chi connectivity index (χ1) is 8.70. The maximum absolute atomic E-state index is 4.51. The summed E-state index contributed by atoms with van der Waals surface area (Å²) in [5.74, 6) is 0. The van der Waals surface area contributed by atoms with Gasteiger partial charge in [0.05, 0.1) is 17.9 Å². The van der Waals surface area contributed by atoms with E-state index in [0.717, 1.165) is 23.4 Å². The van der Waals surface area contributed by atoms with Crippen LogP contribution >= 0.6 is 0 Å². The smallest absolute Gasteiger partial charge is 0.100 e. The normalized spacial score (nSPS) is 12.3. The molecule has 0 amide bonds. The summed E-state index contributed by atoms with van der Waals surface area (Å²) in [5, 5.41) is 12.0. The topological polar surface area (TPSA) is 42.7 Å². The molecule has 18 heavy (non-hydrogen) atoms. The Hall–Kier alpha value is -1.94. The Kier molecular flexibility index (Phi) is 3.89. The molecule has 0 saturated heterocycles. The van der Waals surface area contributed by atoms with Crippen LogP contribution in [0.3, 0.4) is 0 Å². The Labute approximate surface area is 107 Å². The standard InChI is InChI=1S/C14H18N4/c1-11(2)9-13(15-3)14-10-16-18(17-14)12-7-5-4-6-8-12/h4-8,10,13,15H,1,9H2,2-3H3. The van der Waals surface area contributed by atoms with Crippen LogP contribution in [0.4, 0.5) is 0 Å². The van der Waals surface area contributed by atoms with Crippen molar-refractivity contribution < 1.29 is 0 Å². The van der Waals surface area contributed by atoms with Crippen molar-refractivity contribution in [1.29, 1.82) is 0 Å². The first-order valence-electron chi connectivity index (χ1n) is 6.00. The zero-order chi connectivity index (χ0) is 13.0. The number of hydrogen-bond acceptors (Lipinski definition) is 3. The molecule has 4 nitrogen and oxygen atoms in total. The van der Waals surface area contributed by atoms with Gasteiger partial charge in [0.25, 0.3) is 0 Å². The molecule has 0 aliphatic heterocycles. The van der Waals surface area contributed by atoms with E-state index < -0.39 is 0 Å². The van der Waals surface area contributed by atoms with Crippen LogP contribution in [0, 0.1) is 0 Å². The highest BCUT2D eigenvalue weighted by molar-refractivity contribution is 5.28. The Bertz CT molecular complexity index is 516. The largest absolute Gasteiger partial charge is 0.311 e. The molecule has 1 aromatic carbocycles. The summed E-state index contributed by atoms with van der Waals surface area (Å²) in [6.45, 7) is 5.96. The first-order valence-corrected chi connectivity index (χ1v) is 6.00. The minimum atomic E-state index is 0.167. The summed E-state index contributed by atoms with van der Waals surface area (Å²) in [6.07, 6.45) is 2.67. The van der Waals surface area contributed by atoms with Gasteiger partial charge in [-0.25, -0.2) is 0 Å². The predicted octanol–water partition coefficient (Wildman–Crippen LogP) is 2.49. The third kappa shape index (κ3) is 2.84. The van der Waals surface area contributed by atoms with Gasteiger partial charge in [-0.2, -0.15) is 15.0 Å². The molecule has 1 aromatic heterocycles. The van der Waals surface area contributed by atoms with Crippen molar-refractivity contribution in [2.75, 3.05) is 7.05 Å². The second-order valence-corrected chi connectivity index (χ2v) is 4.40. The average molecular weight is 242 g/mol.